The van der Waals surface area contributed by atoms with Gasteiger partial charge in [0.2, 0.25) is 17.8 Å². The van der Waals surface area contributed by atoms with Gasteiger partial charge in [-0.15, -0.1) is 0 Å². The van der Waals surface area contributed by atoms with Gasteiger partial charge in [0.05, 0.1) is 11.9 Å². The molecule has 0 saturated heterocycles. The lowest BCUT2D eigenvalue weighted by atomic mass is 10.2. The summed E-state index contributed by atoms with van der Waals surface area (Å²) in [5.74, 6) is -0.0507. The second-order valence-corrected chi connectivity index (χ2v) is 5.20. The number of halogens is 1. The summed E-state index contributed by atoms with van der Waals surface area (Å²) in [6.07, 6.45) is 3.54. The van der Waals surface area contributed by atoms with Gasteiger partial charge in [-0.25, -0.2) is 19.9 Å². The molecule has 1 aliphatic carbocycles. The normalized spacial score (nSPS) is 14.0. The van der Waals surface area contributed by atoms with Crippen LogP contribution < -0.4 is 4.90 Å². The second kappa shape index (κ2) is 5.20. The zero-order valence-electron chi connectivity index (χ0n) is 11.9. The zero-order chi connectivity index (χ0) is 15.0. The number of carbonyl (C=O) groups excluding carboxylic acids is 1. The Labute approximate surface area is 121 Å². The van der Waals surface area contributed by atoms with Crippen LogP contribution in [0.25, 0.3) is 0 Å². The van der Waals surface area contributed by atoms with Crippen molar-refractivity contribution in [3.63, 3.8) is 0 Å². The van der Waals surface area contributed by atoms with E-state index in [1.807, 2.05) is 13.0 Å². The molecule has 3 rings (SSSR count). The van der Waals surface area contributed by atoms with Crippen molar-refractivity contribution in [2.24, 2.45) is 0 Å². The lowest BCUT2D eigenvalue weighted by Gasteiger charge is -2.19. The van der Waals surface area contributed by atoms with Gasteiger partial charge in [0.25, 0.3) is 0 Å². The Morgan fingerprint density at radius 2 is 2.10 bits per heavy atom. The lowest BCUT2D eigenvalue weighted by Crippen LogP contribution is -2.25. The highest BCUT2D eigenvalue weighted by atomic mass is 19.1. The molecule has 0 unspecified atom stereocenters. The van der Waals surface area contributed by atoms with Gasteiger partial charge in [-0.3, -0.25) is 4.79 Å². The summed E-state index contributed by atoms with van der Waals surface area (Å²) < 4.78 is 13.0. The molecule has 2 heterocycles. The Bertz CT molecular complexity index is 683. The lowest BCUT2D eigenvalue weighted by molar-refractivity contribution is -0.115. The standard InChI is InChI=1S/C15H15FN4O/c1-9-7-13(11-3-4-11)19-15(18-9)20(10(2)21)12-5-6-14(16)17-8-12/h5-8,11H,3-4H2,1-2H3. The van der Waals surface area contributed by atoms with Gasteiger partial charge in [0.15, 0.2) is 0 Å². The topological polar surface area (TPSA) is 59.0 Å². The molecule has 1 amide bonds. The Kier molecular flexibility index (Phi) is 3.37. The summed E-state index contributed by atoms with van der Waals surface area (Å²) in [6.45, 7) is 3.30. The van der Waals surface area contributed by atoms with Gasteiger partial charge in [-0.1, -0.05) is 0 Å². The van der Waals surface area contributed by atoms with Crippen LogP contribution in [0.5, 0.6) is 0 Å². The number of amides is 1. The number of hydrogen-bond donors (Lipinski definition) is 0. The van der Waals surface area contributed by atoms with Crippen LogP contribution >= 0.6 is 0 Å². The number of nitrogens with zero attached hydrogens (tertiary/aromatic N) is 4. The van der Waals surface area contributed by atoms with E-state index in [0.29, 0.717) is 17.6 Å². The number of hydrogen-bond acceptors (Lipinski definition) is 4. The van der Waals surface area contributed by atoms with Crippen molar-refractivity contribution in [3.8, 4) is 0 Å². The van der Waals surface area contributed by atoms with Gasteiger partial charge in [0.1, 0.15) is 0 Å². The minimum atomic E-state index is -0.592. The van der Waals surface area contributed by atoms with Crippen LogP contribution in [-0.4, -0.2) is 20.9 Å². The van der Waals surface area contributed by atoms with Crippen LogP contribution in [0, 0.1) is 12.9 Å². The van der Waals surface area contributed by atoms with Crippen LogP contribution in [0.2, 0.25) is 0 Å². The highest BCUT2D eigenvalue weighted by Crippen LogP contribution is 2.39. The van der Waals surface area contributed by atoms with Crippen LogP contribution in [0.4, 0.5) is 16.0 Å². The van der Waals surface area contributed by atoms with Gasteiger partial charge < -0.3 is 0 Å². The molecule has 1 aliphatic rings. The smallest absolute Gasteiger partial charge is 0.237 e. The Hall–Kier alpha value is -2.37. The van der Waals surface area contributed by atoms with Crippen LogP contribution in [0.15, 0.2) is 24.4 Å². The Balaban J connectivity index is 2.04. The minimum Gasteiger partial charge on any atom is -0.274 e. The van der Waals surface area contributed by atoms with Gasteiger partial charge in [0, 0.05) is 24.2 Å². The Morgan fingerprint density at radius 1 is 1.33 bits per heavy atom. The third-order valence-corrected chi connectivity index (χ3v) is 3.34. The van der Waals surface area contributed by atoms with Crippen LogP contribution in [0.3, 0.4) is 0 Å². The monoisotopic (exact) mass is 286 g/mol. The average molecular weight is 286 g/mol. The van der Waals surface area contributed by atoms with E-state index in [1.54, 1.807) is 0 Å². The maximum absolute atomic E-state index is 13.0. The summed E-state index contributed by atoms with van der Waals surface area (Å²) in [4.78, 5) is 25.7. The van der Waals surface area contributed by atoms with E-state index in [4.69, 9.17) is 0 Å². The van der Waals surface area contributed by atoms with Crippen molar-refractivity contribution in [2.45, 2.75) is 32.6 Å². The maximum Gasteiger partial charge on any atom is 0.237 e. The molecule has 0 radical (unpaired) electrons. The fourth-order valence-electron chi connectivity index (χ4n) is 2.20. The molecule has 6 heteroatoms. The van der Waals surface area contributed by atoms with Crippen LogP contribution in [-0.2, 0) is 4.79 Å². The molecule has 1 saturated carbocycles. The molecule has 0 atom stereocenters. The zero-order valence-corrected chi connectivity index (χ0v) is 11.9. The molecule has 21 heavy (non-hydrogen) atoms. The summed E-state index contributed by atoms with van der Waals surface area (Å²) in [7, 11) is 0. The average Bonchev–Trinajstić information content (AvgIpc) is 3.24. The maximum atomic E-state index is 13.0. The summed E-state index contributed by atoms with van der Waals surface area (Å²) in [5.41, 5.74) is 2.22. The minimum absolute atomic E-state index is 0.240. The molecular weight excluding hydrogens is 271 g/mol. The largest absolute Gasteiger partial charge is 0.274 e. The van der Waals surface area contributed by atoms with E-state index in [0.717, 1.165) is 24.2 Å². The second-order valence-electron chi connectivity index (χ2n) is 5.20. The van der Waals surface area contributed by atoms with Gasteiger partial charge in [-0.2, -0.15) is 4.39 Å². The predicted octanol–water partition coefficient (Wildman–Crippen LogP) is 2.88. The third kappa shape index (κ3) is 2.89. The van der Waals surface area contributed by atoms with E-state index in [-0.39, 0.29) is 5.91 Å². The fraction of sp³-hybridized carbons (Fsp3) is 0.333. The molecule has 2 aromatic rings. The van der Waals surface area contributed by atoms with E-state index < -0.39 is 5.95 Å². The number of pyridine rings is 1. The van der Waals surface area contributed by atoms with Crippen LogP contribution in [0.1, 0.15) is 37.1 Å². The first-order valence-electron chi connectivity index (χ1n) is 6.82. The number of rotatable bonds is 3. The molecular formula is C15H15FN4O. The third-order valence-electron chi connectivity index (χ3n) is 3.34. The first-order chi connectivity index (χ1) is 10.0. The molecule has 1 fully saturated rings. The molecule has 5 nitrogen and oxygen atoms in total. The van der Waals surface area contributed by atoms with Crippen molar-refractivity contribution in [1.29, 1.82) is 0 Å². The number of anilines is 2. The molecule has 2 aromatic heterocycles. The van der Waals surface area contributed by atoms with Crippen molar-refractivity contribution in [3.05, 3.63) is 41.7 Å². The summed E-state index contributed by atoms with van der Waals surface area (Å²) in [5, 5.41) is 0. The predicted molar refractivity (Wildman–Crippen MR) is 75.8 cm³/mol. The quantitative estimate of drug-likeness (QED) is 0.814. The first-order valence-corrected chi connectivity index (χ1v) is 6.82. The van der Waals surface area contributed by atoms with Crippen molar-refractivity contribution >= 4 is 17.5 Å². The highest BCUT2D eigenvalue weighted by Gasteiger charge is 2.27. The SMILES string of the molecule is CC(=O)N(c1ccc(F)nc1)c1nc(C)cc(C2CC2)n1. The molecule has 0 spiro atoms. The van der Waals surface area contributed by atoms with Gasteiger partial charge >= 0.3 is 0 Å². The summed E-state index contributed by atoms with van der Waals surface area (Å²) >= 11 is 0. The van der Waals surface area contributed by atoms with Crippen molar-refractivity contribution in [1.82, 2.24) is 15.0 Å². The molecule has 0 bridgehead atoms. The van der Waals surface area contributed by atoms with E-state index in [2.05, 4.69) is 15.0 Å². The fourth-order valence-corrected chi connectivity index (χ4v) is 2.20. The molecule has 0 N–H and O–H groups in total. The van der Waals surface area contributed by atoms with E-state index in [1.165, 1.54) is 30.2 Å². The highest BCUT2D eigenvalue weighted by molar-refractivity contribution is 5.97. The Morgan fingerprint density at radius 3 is 2.67 bits per heavy atom. The summed E-state index contributed by atoms with van der Waals surface area (Å²) in [6, 6.07) is 4.65. The van der Waals surface area contributed by atoms with E-state index >= 15 is 0 Å². The van der Waals surface area contributed by atoms with E-state index in [9.17, 15) is 9.18 Å². The molecule has 0 aliphatic heterocycles. The number of aryl methyl sites for hydroxylation is 1. The van der Waals surface area contributed by atoms with Gasteiger partial charge in [-0.05, 0) is 38.0 Å². The number of aromatic nitrogens is 3. The number of carbonyl (C=O) groups is 1. The molecule has 0 aromatic carbocycles. The van der Waals surface area contributed by atoms with Crippen molar-refractivity contribution in [2.75, 3.05) is 4.90 Å². The molecule has 108 valence electrons. The van der Waals surface area contributed by atoms with Crippen molar-refractivity contribution < 1.29 is 9.18 Å². The first kappa shape index (κ1) is 13.6.